The third kappa shape index (κ3) is 10.2. The van der Waals surface area contributed by atoms with Crippen molar-refractivity contribution >= 4 is 98.8 Å². The van der Waals surface area contributed by atoms with Crippen LogP contribution in [0.5, 0.6) is 0 Å². The van der Waals surface area contributed by atoms with E-state index in [2.05, 4.69) is 519 Å². The highest BCUT2D eigenvalue weighted by Gasteiger charge is 2.55. The molecule has 24 aromatic carbocycles. The predicted molar refractivity (Wildman–Crippen MR) is 573 cm³/mol. The zero-order valence-electron chi connectivity index (χ0n) is 75.4. The SMILES string of the molecule is c1ccc(C2(c3ccc(N(c4ccc5c(c4)C4(c6ccccc6-c6cc(-c7ccc8c(c7)-c7ccccc7C8(c7ccccc7)c7cccc(N(c8ccc9c(c8)C8(c%10ccccc%10-c%10ccccc%108)c8ccccc8-9)c8ccc9c%10ccccc%10c%10ccccc%10c9c8)c7)ccc64)c4ccccc4-5)c4ccc5c6ccccc6c6ccccc6c5c4)cc3)c3ccccc3-c3ccccc32)cc1. The van der Waals surface area contributed by atoms with Gasteiger partial charge in [-0.2, -0.15) is 0 Å². The normalized spacial score (nSPS) is 15.6. The molecule has 6 aliphatic carbocycles. The molecule has 0 bridgehead atoms. The van der Waals surface area contributed by atoms with Crippen molar-refractivity contribution in [2.75, 3.05) is 9.80 Å². The number of hydrogen-bond donors (Lipinski definition) is 0. The first kappa shape index (κ1) is 76.9. The van der Waals surface area contributed by atoms with Crippen LogP contribution >= 0.6 is 0 Å². The summed E-state index contributed by atoms with van der Waals surface area (Å²) in [5.41, 5.74) is 41.7. The molecule has 0 N–H and O–H groups in total. The van der Waals surface area contributed by atoms with Crippen molar-refractivity contribution in [1.29, 1.82) is 0 Å². The molecule has 0 saturated heterocycles. The van der Waals surface area contributed by atoms with E-state index in [1.54, 1.807) is 0 Å². The summed E-state index contributed by atoms with van der Waals surface area (Å²) in [7, 11) is 0. The minimum Gasteiger partial charge on any atom is -0.310 e. The van der Waals surface area contributed by atoms with E-state index in [0.29, 0.717) is 0 Å². The second kappa shape index (κ2) is 29.0. The molecule has 6 aliphatic rings. The number of fused-ring (bicyclic) bond motifs is 38. The zero-order chi connectivity index (χ0) is 90.3. The van der Waals surface area contributed by atoms with Crippen LogP contribution in [0.4, 0.5) is 34.1 Å². The third-order valence-corrected chi connectivity index (χ3v) is 32.4. The van der Waals surface area contributed by atoms with Crippen LogP contribution in [0.3, 0.4) is 0 Å². The molecule has 0 aliphatic heterocycles. The average molecular weight is 1750 g/mol. The fraction of sp³-hybridized carbons (Fsp3) is 0.0294. The fourth-order valence-electron chi connectivity index (χ4n) is 27.0. The minimum atomic E-state index is -0.755. The van der Waals surface area contributed by atoms with E-state index >= 15 is 0 Å². The molecule has 2 nitrogen and oxygen atoms in total. The molecule has 0 aromatic heterocycles. The van der Waals surface area contributed by atoms with Gasteiger partial charge in [-0.05, 0) is 316 Å². The summed E-state index contributed by atoms with van der Waals surface area (Å²) >= 11 is 0. The van der Waals surface area contributed by atoms with Crippen molar-refractivity contribution in [2.45, 2.75) is 21.7 Å². The van der Waals surface area contributed by atoms with E-state index in [-0.39, 0.29) is 0 Å². The van der Waals surface area contributed by atoms with Gasteiger partial charge in [-0.25, -0.2) is 0 Å². The van der Waals surface area contributed by atoms with E-state index in [1.165, 1.54) is 226 Å². The maximum absolute atomic E-state index is 2.57. The first-order valence-corrected chi connectivity index (χ1v) is 48.4. The molecule has 0 heterocycles. The Balaban J connectivity index is 0.582. The van der Waals surface area contributed by atoms with Crippen molar-refractivity contribution in [3.05, 3.63) is 599 Å². The highest BCUT2D eigenvalue weighted by atomic mass is 15.1. The monoisotopic (exact) mass is 1740 g/mol. The van der Waals surface area contributed by atoms with Gasteiger partial charge in [-0.3, -0.25) is 0 Å². The summed E-state index contributed by atoms with van der Waals surface area (Å²) in [6, 6.07) is 195. The van der Waals surface area contributed by atoms with Gasteiger partial charge in [0.2, 0.25) is 0 Å². The molecular formula is C136H84N2. The van der Waals surface area contributed by atoms with Gasteiger partial charge in [0.25, 0.3) is 0 Å². The summed E-state index contributed by atoms with van der Waals surface area (Å²) in [6.45, 7) is 0. The molecule has 0 radical (unpaired) electrons. The largest absolute Gasteiger partial charge is 0.310 e. The number of hydrogen-bond acceptors (Lipinski definition) is 2. The summed E-state index contributed by atoms with van der Waals surface area (Å²) in [5, 5.41) is 14.9. The summed E-state index contributed by atoms with van der Waals surface area (Å²) in [5.74, 6) is 0. The number of nitrogens with zero attached hydrogens (tertiary/aromatic N) is 2. The maximum Gasteiger partial charge on any atom is 0.0726 e. The Bertz CT molecular complexity index is 9200. The first-order valence-electron chi connectivity index (χ1n) is 48.4. The van der Waals surface area contributed by atoms with E-state index < -0.39 is 21.7 Å². The molecule has 0 saturated carbocycles. The highest BCUT2D eigenvalue weighted by Crippen LogP contribution is 2.68. The van der Waals surface area contributed by atoms with Gasteiger partial charge >= 0.3 is 0 Å². The first-order chi connectivity index (χ1) is 68.4. The van der Waals surface area contributed by atoms with Gasteiger partial charge < -0.3 is 9.80 Å². The van der Waals surface area contributed by atoms with Crippen molar-refractivity contribution in [1.82, 2.24) is 0 Å². The van der Waals surface area contributed by atoms with Crippen LogP contribution in [0.25, 0.3) is 143 Å². The maximum atomic E-state index is 2.57. The van der Waals surface area contributed by atoms with E-state index in [0.717, 1.165) is 39.7 Å². The van der Waals surface area contributed by atoms with Crippen LogP contribution < -0.4 is 9.80 Å². The Morgan fingerprint density at radius 1 is 0.109 bits per heavy atom. The quantitative estimate of drug-likeness (QED) is 0.119. The third-order valence-electron chi connectivity index (χ3n) is 32.4. The topological polar surface area (TPSA) is 6.48 Å². The lowest BCUT2D eigenvalue weighted by Gasteiger charge is -2.35. The van der Waals surface area contributed by atoms with Gasteiger partial charge in [-0.15, -0.1) is 0 Å². The molecular weight excluding hydrogens is 1660 g/mol. The van der Waals surface area contributed by atoms with Crippen molar-refractivity contribution in [3.63, 3.8) is 0 Å². The van der Waals surface area contributed by atoms with Gasteiger partial charge in [0, 0.05) is 34.1 Å². The molecule has 24 aromatic rings. The average Bonchev–Trinajstić information content (AvgIpc) is 1.47. The zero-order valence-corrected chi connectivity index (χ0v) is 75.4. The highest BCUT2D eigenvalue weighted by molar-refractivity contribution is 6.27. The Kier molecular flexibility index (Phi) is 16.2. The predicted octanol–water partition coefficient (Wildman–Crippen LogP) is 34.6. The lowest BCUT2D eigenvalue weighted by Crippen LogP contribution is -2.29. The van der Waals surface area contributed by atoms with Gasteiger partial charge in [0.05, 0.1) is 21.7 Å². The van der Waals surface area contributed by atoms with Gasteiger partial charge in [0.15, 0.2) is 0 Å². The van der Waals surface area contributed by atoms with E-state index in [1.807, 2.05) is 0 Å². The lowest BCUT2D eigenvalue weighted by molar-refractivity contribution is 0.768. The fourth-order valence-corrected chi connectivity index (χ4v) is 27.0. The van der Waals surface area contributed by atoms with Crippen LogP contribution in [-0.4, -0.2) is 0 Å². The van der Waals surface area contributed by atoms with Crippen molar-refractivity contribution < 1.29 is 0 Å². The molecule has 138 heavy (non-hydrogen) atoms. The second-order valence-corrected chi connectivity index (χ2v) is 38.5. The second-order valence-electron chi connectivity index (χ2n) is 38.5. The molecule has 0 fully saturated rings. The molecule has 0 amide bonds. The van der Waals surface area contributed by atoms with Crippen LogP contribution in [-0.2, 0) is 21.7 Å². The number of rotatable bonds is 11. The van der Waals surface area contributed by atoms with Gasteiger partial charge in [0.1, 0.15) is 0 Å². The summed E-state index contributed by atoms with van der Waals surface area (Å²) < 4.78 is 0. The standard InChI is InChI=1S/C136H84N2/c1-3-32-87(33-4-1)133(121-54-23-15-46-107(121)108-47-16-24-55-122(108)133)89-64-66-91(67-65-89)137(93-68-72-105-101-42-9-7-38-97(101)99-40-11-13-44-103(99)117(105)81-93)95-70-74-116-112-51-20-29-60-127(112)136(132(116)83-95)128-61-30-22-53-114(128)120-79-86(63-77-130(120)136)85-62-76-129-119(78-85)113-52-21-25-56-123(113)134(129,88-34-5-2-6-35-88)90-36-31-37-92(80-90)138(94-69-73-106-102-43-10-8-39-98(102)100-41-12-14-45-104(100)118(106)82-94)96-71-75-115-111-50-19-28-59-126(111)135(131(115)84-96)124-57-26-17-48-109(124)110-49-18-27-58-125(110)135/h1-84H. The molecule has 2 unspecified atom stereocenters. The number of benzene rings is 24. The number of anilines is 6. The molecule has 30 rings (SSSR count). The Labute approximate surface area is 800 Å². The van der Waals surface area contributed by atoms with Crippen LogP contribution in [0, 0.1) is 0 Å². The molecule has 638 valence electrons. The van der Waals surface area contributed by atoms with Gasteiger partial charge in [-0.1, -0.05) is 425 Å². The van der Waals surface area contributed by atoms with Crippen LogP contribution in [0.1, 0.15) is 89.0 Å². The molecule has 2 heteroatoms. The van der Waals surface area contributed by atoms with Crippen LogP contribution in [0.2, 0.25) is 0 Å². The lowest BCUT2D eigenvalue weighted by atomic mass is 9.67. The molecule has 2 spiro atoms. The summed E-state index contributed by atoms with van der Waals surface area (Å²) in [6.07, 6.45) is 0. The van der Waals surface area contributed by atoms with E-state index in [4.69, 9.17) is 0 Å². The van der Waals surface area contributed by atoms with Crippen LogP contribution in [0.15, 0.2) is 510 Å². The van der Waals surface area contributed by atoms with Crippen molar-refractivity contribution in [3.8, 4) is 77.9 Å². The minimum absolute atomic E-state index is 0.555. The Morgan fingerprint density at radius 2 is 0.341 bits per heavy atom. The van der Waals surface area contributed by atoms with E-state index in [9.17, 15) is 0 Å². The molecule has 2 atom stereocenters. The smallest absolute Gasteiger partial charge is 0.0726 e. The Morgan fingerprint density at radius 3 is 0.703 bits per heavy atom. The Hall–Kier alpha value is -17.6. The summed E-state index contributed by atoms with van der Waals surface area (Å²) in [4.78, 5) is 5.10. The van der Waals surface area contributed by atoms with Crippen molar-refractivity contribution in [2.24, 2.45) is 0 Å².